The summed E-state index contributed by atoms with van der Waals surface area (Å²) in [5.41, 5.74) is 6.31. The minimum Gasteiger partial charge on any atom is -0.368 e. The molecule has 1 heterocycles. The molecule has 0 bridgehead atoms. The van der Waals surface area contributed by atoms with E-state index in [1.807, 2.05) is 6.07 Å². The SMILES string of the molecule is CCc1ncnc(NC(C(N)=O)c2ccccc2)c1F. The van der Waals surface area contributed by atoms with E-state index in [1.165, 1.54) is 6.33 Å². The number of benzene rings is 1. The van der Waals surface area contributed by atoms with Gasteiger partial charge >= 0.3 is 0 Å². The number of nitrogens with two attached hydrogens (primary N) is 1. The maximum absolute atomic E-state index is 14.1. The molecule has 1 aromatic carbocycles. The van der Waals surface area contributed by atoms with Crippen molar-refractivity contribution in [3.05, 3.63) is 53.7 Å². The van der Waals surface area contributed by atoms with Gasteiger partial charge in [-0.3, -0.25) is 4.79 Å². The highest BCUT2D eigenvalue weighted by molar-refractivity contribution is 5.84. The number of rotatable bonds is 5. The van der Waals surface area contributed by atoms with Crippen molar-refractivity contribution < 1.29 is 9.18 Å². The predicted octanol–water partition coefficient (Wildman–Crippen LogP) is 1.82. The number of anilines is 1. The van der Waals surface area contributed by atoms with Crippen molar-refractivity contribution in [2.75, 3.05) is 5.32 Å². The summed E-state index contributed by atoms with van der Waals surface area (Å²) < 4.78 is 14.1. The van der Waals surface area contributed by atoms with Gasteiger partial charge in [0.1, 0.15) is 12.4 Å². The average molecular weight is 274 g/mol. The molecule has 20 heavy (non-hydrogen) atoms. The Morgan fingerprint density at radius 1 is 1.35 bits per heavy atom. The second kappa shape index (κ2) is 6.10. The first-order valence-corrected chi connectivity index (χ1v) is 6.23. The van der Waals surface area contributed by atoms with E-state index in [2.05, 4.69) is 15.3 Å². The highest BCUT2D eigenvalue weighted by atomic mass is 19.1. The summed E-state index contributed by atoms with van der Waals surface area (Å²) in [6.07, 6.45) is 1.70. The quantitative estimate of drug-likeness (QED) is 0.871. The molecule has 2 rings (SSSR count). The third kappa shape index (κ3) is 2.90. The number of amides is 1. The number of primary amides is 1. The first kappa shape index (κ1) is 13.9. The zero-order chi connectivity index (χ0) is 14.5. The fourth-order valence-electron chi connectivity index (χ4n) is 1.85. The number of carbonyl (C=O) groups excluding carboxylic acids is 1. The third-order valence-electron chi connectivity index (χ3n) is 2.90. The highest BCUT2D eigenvalue weighted by Gasteiger charge is 2.20. The van der Waals surface area contributed by atoms with Gasteiger partial charge in [0.15, 0.2) is 11.6 Å². The topological polar surface area (TPSA) is 80.9 Å². The smallest absolute Gasteiger partial charge is 0.244 e. The predicted molar refractivity (Wildman–Crippen MR) is 73.4 cm³/mol. The molecule has 2 aromatic rings. The number of hydrogen-bond donors (Lipinski definition) is 2. The number of hydrogen-bond acceptors (Lipinski definition) is 4. The van der Waals surface area contributed by atoms with Gasteiger partial charge in [0.25, 0.3) is 0 Å². The largest absolute Gasteiger partial charge is 0.368 e. The molecule has 0 aliphatic rings. The van der Waals surface area contributed by atoms with Crippen LogP contribution in [0.15, 0.2) is 36.7 Å². The summed E-state index contributed by atoms with van der Waals surface area (Å²) in [6.45, 7) is 1.79. The van der Waals surface area contributed by atoms with Gasteiger partial charge in [-0.1, -0.05) is 37.3 Å². The van der Waals surface area contributed by atoms with Crippen LogP contribution in [0, 0.1) is 5.82 Å². The molecule has 1 amide bonds. The van der Waals surface area contributed by atoms with Crippen molar-refractivity contribution in [3.8, 4) is 0 Å². The number of carbonyl (C=O) groups is 1. The van der Waals surface area contributed by atoms with Gasteiger partial charge in [-0.25, -0.2) is 14.4 Å². The highest BCUT2D eigenvalue weighted by Crippen LogP contribution is 2.21. The molecule has 0 spiro atoms. The Balaban J connectivity index is 2.33. The number of aryl methyl sites for hydroxylation is 1. The zero-order valence-electron chi connectivity index (χ0n) is 11.0. The Labute approximate surface area is 116 Å². The summed E-state index contributed by atoms with van der Waals surface area (Å²) in [7, 11) is 0. The molecule has 6 heteroatoms. The molecule has 3 N–H and O–H groups in total. The summed E-state index contributed by atoms with van der Waals surface area (Å²) in [5, 5.41) is 2.74. The normalized spacial score (nSPS) is 11.9. The molecule has 104 valence electrons. The lowest BCUT2D eigenvalue weighted by atomic mass is 10.1. The van der Waals surface area contributed by atoms with Gasteiger partial charge < -0.3 is 11.1 Å². The van der Waals surface area contributed by atoms with Crippen LogP contribution in [0.2, 0.25) is 0 Å². The maximum atomic E-state index is 14.1. The standard InChI is InChI=1S/C14H15FN4O/c1-2-10-11(15)14(18-8-17-10)19-12(13(16)20)9-6-4-3-5-7-9/h3-8,12H,2H2,1H3,(H2,16,20)(H,17,18,19). The van der Waals surface area contributed by atoms with Crippen molar-refractivity contribution >= 4 is 11.7 Å². The summed E-state index contributed by atoms with van der Waals surface area (Å²) >= 11 is 0. The van der Waals surface area contributed by atoms with Crippen LogP contribution in [0.4, 0.5) is 10.2 Å². The molecule has 5 nitrogen and oxygen atoms in total. The Kier molecular flexibility index (Phi) is 4.24. The summed E-state index contributed by atoms with van der Waals surface area (Å²) in [5.74, 6) is -1.19. The molecule has 0 fully saturated rings. The molecular weight excluding hydrogens is 259 g/mol. The Bertz CT molecular complexity index is 603. The number of nitrogens with one attached hydrogen (secondary N) is 1. The molecular formula is C14H15FN4O. The fraction of sp³-hybridized carbons (Fsp3) is 0.214. The van der Waals surface area contributed by atoms with Crippen LogP contribution < -0.4 is 11.1 Å². The zero-order valence-corrected chi connectivity index (χ0v) is 11.0. The Morgan fingerprint density at radius 3 is 2.65 bits per heavy atom. The van der Waals surface area contributed by atoms with Gasteiger partial charge in [0.05, 0.1) is 5.69 Å². The van der Waals surface area contributed by atoms with Crippen molar-refractivity contribution in [2.24, 2.45) is 5.73 Å². The van der Waals surface area contributed by atoms with E-state index in [4.69, 9.17) is 5.73 Å². The van der Waals surface area contributed by atoms with E-state index < -0.39 is 17.8 Å². The molecule has 0 aliphatic heterocycles. The van der Waals surface area contributed by atoms with Crippen LogP contribution in [-0.2, 0) is 11.2 Å². The van der Waals surface area contributed by atoms with E-state index in [0.29, 0.717) is 17.7 Å². The second-order valence-corrected chi connectivity index (χ2v) is 4.23. The van der Waals surface area contributed by atoms with Crippen molar-refractivity contribution in [1.82, 2.24) is 9.97 Å². The van der Waals surface area contributed by atoms with E-state index in [1.54, 1.807) is 31.2 Å². The lowest BCUT2D eigenvalue weighted by Crippen LogP contribution is -2.28. The lowest BCUT2D eigenvalue weighted by molar-refractivity contribution is -0.118. The Morgan fingerprint density at radius 2 is 2.05 bits per heavy atom. The Hall–Kier alpha value is -2.50. The van der Waals surface area contributed by atoms with Crippen molar-refractivity contribution in [3.63, 3.8) is 0 Å². The number of aromatic nitrogens is 2. The van der Waals surface area contributed by atoms with Crippen molar-refractivity contribution in [1.29, 1.82) is 0 Å². The molecule has 1 aromatic heterocycles. The van der Waals surface area contributed by atoms with E-state index in [-0.39, 0.29) is 5.82 Å². The van der Waals surface area contributed by atoms with Crippen molar-refractivity contribution in [2.45, 2.75) is 19.4 Å². The van der Waals surface area contributed by atoms with E-state index in [9.17, 15) is 9.18 Å². The molecule has 0 saturated carbocycles. The van der Waals surface area contributed by atoms with Gasteiger partial charge in [-0.15, -0.1) is 0 Å². The molecule has 1 unspecified atom stereocenters. The van der Waals surface area contributed by atoms with Gasteiger partial charge in [-0.05, 0) is 12.0 Å². The lowest BCUT2D eigenvalue weighted by Gasteiger charge is -2.17. The first-order chi connectivity index (χ1) is 9.63. The average Bonchev–Trinajstić information content (AvgIpc) is 2.46. The third-order valence-corrected chi connectivity index (χ3v) is 2.90. The first-order valence-electron chi connectivity index (χ1n) is 6.23. The van der Waals surface area contributed by atoms with Crippen LogP contribution >= 0.6 is 0 Å². The minimum absolute atomic E-state index is 0.0236. The van der Waals surface area contributed by atoms with Gasteiger partial charge in [0.2, 0.25) is 5.91 Å². The summed E-state index contributed by atoms with van der Waals surface area (Å²) in [6, 6.07) is 8.01. The fourth-order valence-corrected chi connectivity index (χ4v) is 1.85. The van der Waals surface area contributed by atoms with Crippen LogP contribution in [0.25, 0.3) is 0 Å². The second-order valence-electron chi connectivity index (χ2n) is 4.23. The van der Waals surface area contributed by atoms with E-state index >= 15 is 0 Å². The monoisotopic (exact) mass is 274 g/mol. The molecule has 1 atom stereocenters. The number of halogens is 1. The molecule has 0 saturated heterocycles. The maximum Gasteiger partial charge on any atom is 0.244 e. The van der Waals surface area contributed by atoms with Crippen LogP contribution in [0.5, 0.6) is 0 Å². The van der Waals surface area contributed by atoms with Gasteiger partial charge in [-0.2, -0.15) is 0 Å². The number of nitrogens with zero attached hydrogens (tertiary/aromatic N) is 2. The molecule has 0 radical (unpaired) electrons. The molecule has 0 aliphatic carbocycles. The van der Waals surface area contributed by atoms with Crippen LogP contribution in [0.3, 0.4) is 0 Å². The van der Waals surface area contributed by atoms with E-state index in [0.717, 1.165) is 0 Å². The van der Waals surface area contributed by atoms with Gasteiger partial charge in [0, 0.05) is 0 Å². The minimum atomic E-state index is -0.842. The van der Waals surface area contributed by atoms with Crippen LogP contribution in [0.1, 0.15) is 24.2 Å². The van der Waals surface area contributed by atoms with Crippen LogP contribution in [-0.4, -0.2) is 15.9 Å². The summed E-state index contributed by atoms with van der Waals surface area (Å²) in [4.78, 5) is 19.2.